The average Bonchev–Trinajstić information content (AvgIpc) is 2.37. The third-order valence-corrected chi connectivity index (χ3v) is 3.06. The fourth-order valence-electron chi connectivity index (χ4n) is 2.20. The van der Waals surface area contributed by atoms with E-state index in [2.05, 4.69) is 16.4 Å². The Morgan fingerprint density at radius 1 is 1.44 bits per heavy atom. The molecule has 1 saturated heterocycles. The van der Waals surface area contributed by atoms with Gasteiger partial charge in [0.05, 0.1) is 6.10 Å². The lowest BCUT2D eigenvalue weighted by molar-refractivity contribution is -0.0119. The summed E-state index contributed by atoms with van der Waals surface area (Å²) in [7, 11) is 1.94. The van der Waals surface area contributed by atoms with Crippen molar-refractivity contribution >= 4 is 0 Å². The Morgan fingerprint density at radius 3 is 3.06 bits per heavy atom. The van der Waals surface area contributed by atoms with Gasteiger partial charge in [-0.1, -0.05) is 0 Å². The maximum atomic E-state index is 5.75. The molecular weight excluding hydrogens is 228 g/mol. The Morgan fingerprint density at radius 2 is 2.33 bits per heavy atom. The molecule has 4 nitrogen and oxygen atoms in total. The summed E-state index contributed by atoms with van der Waals surface area (Å²) >= 11 is 0. The first-order valence-electron chi connectivity index (χ1n) is 6.64. The maximum Gasteiger partial charge on any atom is 0.213 e. The first-order valence-corrected chi connectivity index (χ1v) is 6.64. The average molecular weight is 250 g/mol. The topological polar surface area (TPSA) is 43.4 Å². The number of ether oxygens (including phenoxy) is 2. The van der Waals surface area contributed by atoms with Gasteiger partial charge in [-0.2, -0.15) is 0 Å². The van der Waals surface area contributed by atoms with Crippen molar-refractivity contribution in [3.8, 4) is 5.88 Å². The van der Waals surface area contributed by atoms with Gasteiger partial charge in [-0.25, -0.2) is 4.98 Å². The molecule has 1 atom stereocenters. The van der Waals surface area contributed by atoms with E-state index >= 15 is 0 Å². The van der Waals surface area contributed by atoms with Crippen LogP contribution in [-0.2, 0) is 11.3 Å². The molecule has 0 aliphatic carbocycles. The molecule has 1 unspecified atom stereocenters. The van der Waals surface area contributed by atoms with Crippen LogP contribution in [0, 0.1) is 6.92 Å². The highest BCUT2D eigenvalue weighted by molar-refractivity contribution is 5.24. The second-order valence-corrected chi connectivity index (χ2v) is 4.78. The van der Waals surface area contributed by atoms with Gasteiger partial charge >= 0.3 is 0 Å². The molecule has 1 aliphatic heterocycles. The molecule has 1 N–H and O–H groups in total. The van der Waals surface area contributed by atoms with Crippen LogP contribution in [0.15, 0.2) is 12.1 Å². The number of rotatable bonds is 5. The Hall–Kier alpha value is -1.13. The minimum atomic E-state index is 0.230. The standard InChI is InChI=1S/C14H22N2O2/c1-11-7-12(9-15-2)8-14(16-11)18-10-13-5-3-4-6-17-13/h7-8,13,15H,3-6,9-10H2,1-2H3. The third kappa shape index (κ3) is 3.96. The van der Waals surface area contributed by atoms with E-state index in [1.54, 1.807) is 0 Å². The van der Waals surface area contributed by atoms with Crippen molar-refractivity contribution in [1.82, 2.24) is 10.3 Å². The van der Waals surface area contributed by atoms with Crippen molar-refractivity contribution in [1.29, 1.82) is 0 Å². The zero-order chi connectivity index (χ0) is 12.8. The lowest BCUT2D eigenvalue weighted by atomic mass is 10.1. The Balaban J connectivity index is 1.91. The van der Waals surface area contributed by atoms with Crippen molar-refractivity contribution in [2.45, 2.75) is 38.8 Å². The molecule has 0 radical (unpaired) electrons. The highest BCUT2D eigenvalue weighted by atomic mass is 16.5. The highest BCUT2D eigenvalue weighted by Gasteiger charge is 2.14. The fourth-order valence-corrected chi connectivity index (χ4v) is 2.20. The van der Waals surface area contributed by atoms with Gasteiger partial charge < -0.3 is 14.8 Å². The predicted molar refractivity (Wildman–Crippen MR) is 70.8 cm³/mol. The molecular formula is C14H22N2O2. The summed E-state index contributed by atoms with van der Waals surface area (Å²) < 4.78 is 11.4. The zero-order valence-electron chi connectivity index (χ0n) is 11.2. The Bertz CT molecular complexity index is 376. The van der Waals surface area contributed by atoms with Gasteiger partial charge in [0.25, 0.3) is 0 Å². The maximum absolute atomic E-state index is 5.75. The van der Waals surface area contributed by atoms with E-state index < -0.39 is 0 Å². The number of hydrogen-bond donors (Lipinski definition) is 1. The van der Waals surface area contributed by atoms with E-state index in [1.165, 1.54) is 18.4 Å². The summed E-state index contributed by atoms with van der Waals surface area (Å²) in [6.45, 7) is 4.29. The van der Waals surface area contributed by atoms with Gasteiger partial charge in [0.2, 0.25) is 5.88 Å². The van der Waals surface area contributed by atoms with Gasteiger partial charge in [0.1, 0.15) is 6.61 Å². The Labute approximate surface area is 109 Å². The van der Waals surface area contributed by atoms with Crippen LogP contribution in [0.5, 0.6) is 5.88 Å². The second-order valence-electron chi connectivity index (χ2n) is 4.78. The first-order chi connectivity index (χ1) is 8.78. The molecule has 1 aromatic rings. The minimum Gasteiger partial charge on any atom is -0.475 e. The van der Waals surface area contributed by atoms with Crippen LogP contribution in [0.1, 0.15) is 30.5 Å². The number of nitrogens with zero attached hydrogens (tertiary/aromatic N) is 1. The van der Waals surface area contributed by atoms with E-state index in [0.717, 1.165) is 25.3 Å². The van der Waals surface area contributed by atoms with Crippen molar-refractivity contribution in [3.05, 3.63) is 23.4 Å². The fraction of sp³-hybridized carbons (Fsp3) is 0.643. The van der Waals surface area contributed by atoms with E-state index in [-0.39, 0.29) is 6.10 Å². The molecule has 0 aromatic carbocycles. The molecule has 1 fully saturated rings. The van der Waals surface area contributed by atoms with Crippen molar-refractivity contribution in [2.75, 3.05) is 20.3 Å². The van der Waals surface area contributed by atoms with Gasteiger partial charge in [0, 0.05) is 24.9 Å². The summed E-state index contributed by atoms with van der Waals surface area (Å²) in [4.78, 5) is 4.39. The normalized spacial score (nSPS) is 19.8. The van der Waals surface area contributed by atoms with E-state index in [1.807, 2.05) is 20.0 Å². The number of aryl methyl sites for hydroxylation is 1. The first kappa shape index (κ1) is 13.3. The molecule has 18 heavy (non-hydrogen) atoms. The lowest BCUT2D eigenvalue weighted by Crippen LogP contribution is -2.26. The zero-order valence-corrected chi connectivity index (χ0v) is 11.2. The van der Waals surface area contributed by atoms with E-state index in [4.69, 9.17) is 9.47 Å². The predicted octanol–water partition coefficient (Wildman–Crippen LogP) is 2.06. The SMILES string of the molecule is CNCc1cc(C)nc(OCC2CCCCO2)c1. The minimum absolute atomic E-state index is 0.230. The molecule has 4 heteroatoms. The number of pyridine rings is 1. The van der Waals surface area contributed by atoms with Crippen LogP contribution in [0.25, 0.3) is 0 Å². The summed E-state index contributed by atoms with van der Waals surface area (Å²) in [5.74, 6) is 0.703. The molecule has 2 rings (SSSR count). The van der Waals surface area contributed by atoms with Gasteiger partial charge in [-0.15, -0.1) is 0 Å². The smallest absolute Gasteiger partial charge is 0.213 e. The van der Waals surface area contributed by atoms with Crippen molar-refractivity contribution in [3.63, 3.8) is 0 Å². The van der Waals surface area contributed by atoms with E-state index in [0.29, 0.717) is 12.5 Å². The molecule has 0 amide bonds. The van der Waals surface area contributed by atoms with Gasteiger partial charge in [0.15, 0.2) is 0 Å². The van der Waals surface area contributed by atoms with Gasteiger partial charge in [-0.05, 0) is 44.9 Å². The largest absolute Gasteiger partial charge is 0.475 e. The number of hydrogen-bond acceptors (Lipinski definition) is 4. The highest BCUT2D eigenvalue weighted by Crippen LogP contribution is 2.16. The summed E-state index contributed by atoms with van der Waals surface area (Å²) in [5.41, 5.74) is 2.19. The van der Waals surface area contributed by atoms with Crippen LogP contribution in [0.3, 0.4) is 0 Å². The van der Waals surface area contributed by atoms with Gasteiger partial charge in [-0.3, -0.25) is 0 Å². The third-order valence-electron chi connectivity index (χ3n) is 3.06. The molecule has 2 heterocycles. The number of aromatic nitrogens is 1. The van der Waals surface area contributed by atoms with Crippen LogP contribution in [0.2, 0.25) is 0 Å². The van der Waals surface area contributed by atoms with E-state index in [9.17, 15) is 0 Å². The molecule has 1 aromatic heterocycles. The quantitative estimate of drug-likeness (QED) is 0.868. The molecule has 0 spiro atoms. The summed E-state index contributed by atoms with van der Waals surface area (Å²) in [6, 6.07) is 4.06. The van der Waals surface area contributed by atoms with Crippen LogP contribution < -0.4 is 10.1 Å². The Kier molecular flexibility index (Phi) is 4.96. The van der Waals surface area contributed by atoms with Crippen molar-refractivity contribution in [2.24, 2.45) is 0 Å². The van der Waals surface area contributed by atoms with Crippen molar-refractivity contribution < 1.29 is 9.47 Å². The molecule has 100 valence electrons. The number of nitrogens with one attached hydrogen (secondary N) is 1. The summed E-state index contributed by atoms with van der Waals surface area (Å²) in [5, 5.41) is 3.14. The van der Waals surface area contributed by atoms with Crippen LogP contribution >= 0.6 is 0 Å². The van der Waals surface area contributed by atoms with Crippen LogP contribution in [0.4, 0.5) is 0 Å². The molecule has 1 aliphatic rings. The lowest BCUT2D eigenvalue weighted by Gasteiger charge is -2.22. The monoisotopic (exact) mass is 250 g/mol. The second kappa shape index (κ2) is 6.71. The molecule has 0 saturated carbocycles. The molecule has 0 bridgehead atoms. The van der Waals surface area contributed by atoms with Crippen LogP contribution in [-0.4, -0.2) is 31.3 Å². The summed E-state index contributed by atoms with van der Waals surface area (Å²) in [6.07, 6.45) is 3.73.